The molecule has 0 radical (unpaired) electrons. The van der Waals surface area contributed by atoms with Gasteiger partial charge in [0.2, 0.25) is 0 Å². The number of nitrogens with zero attached hydrogens (tertiary/aromatic N) is 1. The SMILES string of the molecule is Cc1ccc(/C(O)=C/c2nc3ccccc3c(=O)[nH]2)cc1. The lowest BCUT2D eigenvalue weighted by molar-refractivity contribution is 0.515. The van der Waals surface area contributed by atoms with Crippen molar-refractivity contribution in [2.24, 2.45) is 0 Å². The first-order valence-electron chi connectivity index (χ1n) is 6.60. The van der Waals surface area contributed by atoms with Crippen molar-refractivity contribution in [2.75, 3.05) is 0 Å². The Bertz CT molecular complexity index is 877. The van der Waals surface area contributed by atoms with E-state index in [1.54, 1.807) is 18.2 Å². The molecule has 0 aliphatic heterocycles. The van der Waals surface area contributed by atoms with Gasteiger partial charge in [0.25, 0.3) is 5.56 Å². The third kappa shape index (κ3) is 2.69. The molecule has 2 aromatic carbocycles. The van der Waals surface area contributed by atoms with E-state index in [1.807, 2.05) is 37.3 Å². The molecule has 3 rings (SSSR count). The highest BCUT2D eigenvalue weighted by molar-refractivity contribution is 5.80. The summed E-state index contributed by atoms with van der Waals surface area (Å²) in [4.78, 5) is 18.9. The van der Waals surface area contributed by atoms with Crippen LogP contribution in [0.25, 0.3) is 22.7 Å². The van der Waals surface area contributed by atoms with E-state index in [2.05, 4.69) is 9.97 Å². The fourth-order valence-corrected chi connectivity index (χ4v) is 2.11. The fraction of sp³-hybridized carbons (Fsp3) is 0.0588. The molecule has 2 N–H and O–H groups in total. The van der Waals surface area contributed by atoms with E-state index in [0.717, 1.165) is 5.56 Å². The Balaban J connectivity index is 2.06. The molecule has 3 aromatic rings. The van der Waals surface area contributed by atoms with Gasteiger partial charge >= 0.3 is 0 Å². The fourth-order valence-electron chi connectivity index (χ4n) is 2.11. The van der Waals surface area contributed by atoms with Gasteiger partial charge in [-0.2, -0.15) is 0 Å². The number of aryl methyl sites for hydroxylation is 1. The zero-order valence-electron chi connectivity index (χ0n) is 11.5. The molecule has 104 valence electrons. The highest BCUT2D eigenvalue weighted by atomic mass is 16.3. The molecule has 0 unspecified atom stereocenters. The number of aliphatic hydroxyl groups is 1. The molecule has 21 heavy (non-hydrogen) atoms. The van der Waals surface area contributed by atoms with Crippen molar-refractivity contribution in [1.29, 1.82) is 0 Å². The molecule has 1 aromatic heterocycles. The van der Waals surface area contributed by atoms with Crippen molar-refractivity contribution in [2.45, 2.75) is 6.92 Å². The molecule has 0 saturated carbocycles. The Hall–Kier alpha value is -2.88. The van der Waals surface area contributed by atoms with Crippen LogP contribution >= 0.6 is 0 Å². The molecule has 1 heterocycles. The summed E-state index contributed by atoms with van der Waals surface area (Å²) < 4.78 is 0. The maximum absolute atomic E-state index is 12.0. The number of hydrogen-bond donors (Lipinski definition) is 2. The minimum absolute atomic E-state index is 0.0634. The molecule has 0 amide bonds. The summed E-state index contributed by atoms with van der Waals surface area (Å²) in [5.41, 5.74) is 2.17. The smallest absolute Gasteiger partial charge is 0.259 e. The van der Waals surface area contributed by atoms with E-state index in [0.29, 0.717) is 22.3 Å². The van der Waals surface area contributed by atoms with Crippen molar-refractivity contribution in [3.05, 3.63) is 75.8 Å². The number of aromatic nitrogens is 2. The maximum atomic E-state index is 12.0. The summed E-state index contributed by atoms with van der Waals surface area (Å²) in [7, 11) is 0. The number of hydrogen-bond acceptors (Lipinski definition) is 3. The third-order valence-corrected chi connectivity index (χ3v) is 3.25. The second-order valence-corrected chi connectivity index (χ2v) is 4.86. The standard InChI is InChI=1S/C17H14N2O2/c1-11-6-8-12(9-7-11)15(20)10-16-18-14-5-3-2-4-13(14)17(21)19-16/h2-10,20H,1H3,(H,18,19,21)/b15-10-. The van der Waals surface area contributed by atoms with E-state index >= 15 is 0 Å². The average molecular weight is 278 g/mol. The van der Waals surface area contributed by atoms with Crippen molar-refractivity contribution >= 4 is 22.7 Å². The number of nitrogens with one attached hydrogen (secondary N) is 1. The molecule has 0 bridgehead atoms. The predicted molar refractivity (Wildman–Crippen MR) is 84.0 cm³/mol. The zero-order valence-corrected chi connectivity index (χ0v) is 11.5. The quantitative estimate of drug-likeness (QED) is 0.707. The monoisotopic (exact) mass is 278 g/mol. The van der Waals surface area contributed by atoms with Crippen LogP contribution in [-0.4, -0.2) is 15.1 Å². The number of H-pyrrole nitrogens is 1. The van der Waals surface area contributed by atoms with Gasteiger partial charge in [0.05, 0.1) is 10.9 Å². The number of rotatable bonds is 2. The van der Waals surface area contributed by atoms with Crippen LogP contribution in [0.15, 0.2) is 53.3 Å². The summed E-state index contributed by atoms with van der Waals surface area (Å²) in [6, 6.07) is 14.6. The van der Waals surface area contributed by atoms with Crippen LogP contribution in [0, 0.1) is 6.92 Å². The maximum Gasteiger partial charge on any atom is 0.259 e. The molecule has 0 aliphatic rings. The highest BCUT2D eigenvalue weighted by Crippen LogP contribution is 2.15. The topological polar surface area (TPSA) is 66.0 Å². The lowest BCUT2D eigenvalue weighted by atomic mass is 10.1. The molecular formula is C17H14N2O2. The van der Waals surface area contributed by atoms with Crippen LogP contribution in [0.5, 0.6) is 0 Å². The van der Waals surface area contributed by atoms with E-state index in [1.165, 1.54) is 6.08 Å². The minimum atomic E-state index is -0.219. The molecule has 0 spiro atoms. The van der Waals surface area contributed by atoms with Crippen LogP contribution in [0.3, 0.4) is 0 Å². The van der Waals surface area contributed by atoms with Crippen LogP contribution in [0.1, 0.15) is 17.0 Å². The summed E-state index contributed by atoms with van der Waals surface area (Å²) in [6.07, 6.45) is 1.46. The van der Waals surface area contributed by atoms with E-state index in [9.17, 15) is 9.90 Å². The molecule has 4 heteroatoms. The van der Waals surface area contributed by atoms with Crippen molar-refractivity contribution < 1.29 is 5.11 Å². The number of aliphatic hydroxyl groups excluding tert-OH is 1. The van der Waals surface area contributed by atoms with Gasteiger partial charge in [-0.15, -0.1) is 0 Å². The van der Waals surface area contributed by atoms with Crippen LogP contribution in [0.2, 0.25) is 0 Å². The Labute approximate surface area is 121 Å². The molecule has 0 saturated heterocycles. The lowest BCUT2D eigenvalue weighted by Gasteiger charge is -2.02. The van der Waals surface area contributed by atoms with Gasteiger partial charge in [-0.3, -0.25) is 4.79 Å². The first-order chi connectivity index (χ1) is 10.1. The van der Waals surface area contributed by atoms with Crippen molar-refractivity contribution in [1.82, 2.24) is 9.97 Å². The molecule has 4 nitrogen and oxygen atoms in total. The summed E-state index contributed by atoms with van der Waals surface area (Å²) >= 11 is 0. The van der Waals surface area contributed by atoms with Gasteiger partial charge in [-0.25, -0.2) is 4.98 Å². The third-order valence-electron chi connectivity index (χ3n) is 3.25. The van der Waals surface area contributed by atoms with Gasteiger partial charge in [-0.05, 0) is 19.1 Å². The van der Waals surface area contributed by atoms with E-state index in [4.69, 9.17) is 0 Å². The Morgan fingerprint density at radius 2 is 1.86 bits per heavy atom. The average Bonchev–Trinajstić information content (AvgIpc) is 2.48. The predicted octanol–water partition coefficient (Wildman–Crippen LogP) is 3.29. The Kier molecular flexibility index (Phi) is 3.28. The Morgan fingerprint density at radius 3 is 2.62 bits per heavy atom. The number of para-hydroxylation sites is 1. The largest absolute Gasteiger partial charge is 0.507 e. The van der Waals surface area contributed by atoms with E-state index in [-0.39, 0.29) is 11.3 Å². The first kappa shape index (κ1) is 13.1. The molecule has 0 aliphatic carbocycles. The van der Waals surface area contributed by atoms with Crippen LogP contribution in [0.4, 0.5) is 0 Å². The first-order valence-corrected chi connectivity index (χ1v) is 6.60. The molecule has 0 atom stereocenters. The summed E-state index contributed by atoms with van der Waals surface area (Å²) in [6.45, 7) is 1.98. The second kappa shape index (κ2) is 5.25. The van der Waals surface area contributed by atoms with Crippen LogP contribution < -0.4 is 5.56 Å². The highest BCUT2D eigenvalue weighted by Gasteiger charge is 2.04. The van der Waals surface area contributed by atoms with Crippen molar-refractivity contribution in [3.8, 4) is 0 Å². The van der Waals surface area contributed by atoms with E-state index < -0.39 is 0 Å². The summed E-state index contributed by atoms with van der Waals surface area (Å²) in [5.74, 6) is 0.394. The van der Waals surface area contributed by atoms with Gasteiger partial charge < -0.3 is 10.1 Å². The van der Waals surface area contributed by atoms with Crippen molar-refractivity contribution in [3.63, 3.8) is 0 Å². The number of benzene rings is 2. The summed E-state index contributed by atoms with van der Waals surface area (Å²) in [5, 5.41) is 10.7. The zero-order chi connectivity index (χ0) is 14.8. The number of aromatic amines is 1. The Morgan fingerprint density at radius 1 is 1.14 bits per heavy atom. The van der Waals surface area contributed by atoms with Gasteiger partial charge in [-0.1, -0.05) is 42.0 Å². The van der Waals surface area contributed by atoms with Gasteiger partial charge in [0.15, 0.2) is 0 Å². The van der Waals surface area contributed by atoms with Gasteiger partial charge in [0.1, 0.15) is 11.6 Å². The van der Waals surface area contributed by atoms with Gasteiger partial charge in [0, 0.05) is 11.6 Å². The lowest BCUT2D eigenvalue weighted by Crippen LogP contribution is -2.09. The van der Waals surface area contributed by atoms with Crippen LogP contribution in [-0.2, 0) is 0 Å². The molecule has 0 fully saturated rings. The number of fused-ring (bicyclic) bond motifs is 1. The second-order valence-electron chi connectivity index (χ2n) is 4.86. The molecular weight excluding hydrogens is 264 g/mol. The normalized spacial score (nSPS) is 11.8. The minimum Gasteiger partial charge on any atom is -0.507 e.